The molecule has 22 heavy (non-hydrogen) atoms. The molecule has 1 saturated heterocycles. The Morgan fingerprint density at radius 2 is 2.18 bits per heavy atom. The predicted octanol–water partition coefficient (Wildman–Crippen LogP) is 2.81. The van der Waals surface area contributed by atoms with Crippen molar-refractivity contribution >= 4 is 27.2 Å². The van der Waals surface area contributed by atoms with Crippen LogP contribution in [0.2, 0.25) is 0 Å². The maximum Gasteiger partial charge on any atom is 0.317 e. The highest BCUT2D eigenvalue weighted by atomic mass is 32.2. The van der Waals surface area contributed by atoms with Gasteiger partial charge in [-0.25, -0.2) is 13.2 Å². The van der Waals surface area contributed by atoms with Crippen LogP contribution in [0.25, 0.3) is 0 Å². The number of hydrogen-bond acceptors (Lipinski definition) is 4. The Morgan fingerprint density at radius 3 is 2.77 bits per heavy atom. The van der Waals surface area contributed by atoms with Gasteiger partial charge in [0.25, 0.3) is 0 Å². The first-order valence-electron chi connectivity index (χ1n) is 7.58. The van der Waals surface area contributed by atoms with Crippen molar-refractivity contribution in [3.63, 3.8) is 0 Å². The molecule has 1 aliphatic rings. The van der Waals surface area contributed by atoms with Crippen molar-refractivity contribution in [1.29, 1.82) is 0 Å². The summed E-state index contributed by atoms with van der Waals surface area (Å²) in [7, 11) is -3.16. The Balaban J connectivity index is 2.04. The number of carbonyl (C=O) groups is 1. The Bertz CT molecular complexity index is 609. The molecule has 0 bridgehead atoms. The minimum atomic E-state index is -3.16. The van der Waals surface area contributed by atoms with E-state index in [1.54, 1.807) is 30.1 Å². The lowest BCUT2D eigenvalue weighted by Crippen LogP contribution is -2.42. The predicted molar refractivity (Wildman–Crippen MR) is 89.9 cm³/mol. The average molecular weight is 345 g/mol. The number of amides is 2. The summed E-state index contributed by atoms with van der Waals surface area (Å²) >= 11 is 1.62. The van der Waals surface area contributed by atoms with Crippen molar-refractivity contribution in [3.8, 4) is 0 Å². The average Bonchev–Trinajstić information content (AvgIpc) is 2.94. The molecule has 1 aliphatic heterocycles. The highest BCUT2D eigenvalue weighted by Gasteiger charge is 2.38. The normalized spacial score (nSPS) is 21.9. The third-order valence-corrected chi connectivity index (χ3v) is 7.93. The van der Waals surface area contributed by atoms with Crippen LogP contribution in [0.4, 0.5) is 4.79 Å². The van der Waals surface area contributed by atoms with Crippen LogP contribution in [0.15, 0.2) is 17.5 Å². The molecule has 1 atom stereocenters. The van der Waals surface area contributed by atoms with E-state index in [0.717, 1.165) is 11.3 Å². The van der Waals surface area contributed by atoms with Gasteiger partial charge < -0.3 is 10.2 Å². The van der Waals surface area contributed by atoms with E-state index < -0.39 is 14.6 Å². The molecule has 124 valence electrons. The molecule has 1 aromatic rings. The molecule has 0 radical (unpaired) electrons. The molecule has 2 rings (SSSR count). The van der Waals surface area contributed by atoms with Gasteiger partial charge in [-0.15, -0.1) is 11.3 Å². The summed E-state index contributed by atoms with van der Waals surface area (Å²) in [5.74, 6) is 0.0310. The lowest BCUT2D eigenvalue weighted by atomic mass is 10.1. The van der Waals surface area contributed by atoms with Crippen molar-refractivity contribution in [1.82, 2.24) is 10.2 Å². The lowest BCUT2D eigenvalue weighted by molar-refractivity contribution is 0.196. The summed E-state index contributed by atoms with van der Waals surface area (Å²) in [5, 5.41) is 5.02. The minimum absolute atomic E-state index is 0.0135. The fourth-order valence-electron chi connectivity index (χ4n) is 2.49. The lowest BCUT2D eigenvalue weighted by Gasteiger charge is -2.25. The summed E-state index contributed by atoms with van der Waals surface area (Å²) < 4.78 is 23.6. The van der Waals surface area contributed by atoms with Gasteiger partial charge in [-0.1, -0.05) is 13.0 Å². The first-order chi connectivity index (χ1) is 10.3. The van der Waals surface area contributed by atoms with Gasteiger partial charge in [0.05, 0.1) is 16.5 Å². The van der Waals surface area contributed by atoms with Crippen LogP contribution in [-0.2, 0) is 9.84 Å². The Morgan fingerprint density at radius 1 is 1.45 bits per heavy atom. The summed E-state index contributed by atoms with van der Waals surface area (Å²) in [6.07, 6.45) is 1.28. The van der Waals surface area contributed by atoms with E-state index in [0.29, 0.717) is 13.0 Å². The molecule has 0 aliphatic carbocycles. The van der Waals surface area contributed by atoms with E-state index >= 15 is 0 Å². The van der Waals surface area contributed by atoms with Gasteiger partial charge in [-0.05, 0) is 38.1 Å². The van der Waals surface area contributed by atoms with Gasteiger partial charge in [0.15, 0.2) is 9.84 Å². The fourth-order valence-corrected chi connectivity index (χ4v) is 4.76. The van der Waals surface area contributed by atoms with Gasteiger partial charge >= 0.3 is 6.03 Å². The number of hydrogen-bond donors (Lipinski definition) is 1. The summed E-state index contributed by atoms with van der Waals surface area (Å²) in [4.78, 5) is 15.2. The number of nitrogens with one attached hydrogen (secondary N) is 1. The molecule has 0 saturated carbocycles. The monoisotopic (exact) mass is 344 g/mol. The standard InChI is InChI=1S/C15H24N2O3S2/c1-4-12(13-6-5-10-21-13)16-14(18)17-8-7-15(2,3)22(19,20)11-9-17/h5-6,10,12H,4,7-9,11H2,1-3H3,(H,16,18)/t12-/m0/s1. The van der Waals surface area contributed by atoms with E-state index in [2.05, 4.69) is 5.32 Å². The van der Waals surface area contributed by atoms with Gasteiger partial charge in [-0.3, -0.25) is 0 Å². The summed E-state index contributed by atoms with van der Waals surface area (Å²) in [5.41, 5.74) is 0. The highest BCUT2D eigenvalue weighted by molar-refractivity contribution is 7.92. The number of carbonyl (C=O) groups excluding carboxylic acids is 1. The van der Waals surface area contributed by atoms with Crippen LogP contribution in [0.5, 0.6) is 0 Å². The second-order valence-corrected chi connectivity index (χ2v) is 9.96. The Hall–Kier alpha value is -1.08. The van der Waals surface area contributed by atoms with Crippen molar-refractivity contribution in [2.75, 3.05) is 18.8 Å². The molecule has 2 amide bonds. The van der Waals surface area contributed by atoms with E-state index in [-0.39, 0.29) is 24.4 Å². The molecule has 7 heteroatoms. The van der Waals surface area contributed by atoms with Crippen LogP contribution in [0, 0.1) is 0 Å². The maximum atomic E-state index is 12.5. The van der Waals surface area contributed by atoms with Crippen molar-refractivity contribution < 1.29 is 13.2 Å². The molecule has 2 heterocycles. The van der Waals surface area contributed by atoms with E-state index in [4.69, 9.17) is 0 Å². The number of thiophene rings is 1. The molecule has 1 aromatic heterocycles. The second kappa shape index (κ2) is 6.58. The van der Waals surface area contributed by atoms with Crippen molar-refractivity contribution in [3.05, 3.63) is 22.4 Å². The Kier molecular flexibility index (Phi) is 5.17. The first-order valence-corrected chi connectivity index (χ1v) is 10.1. The smallest absolute Gasteiger partial charge is 0.317 e. The van der Waals surface area contributed by atoms with E-state index in [9.17, 15) is 13.2 Å². The first kappa shape index (κ1) is 17.3. The van der Waals surface area contributed by atoms with Crippen LogP contribution in [-0.4, -0.2) is 42.9 Å². The zero-order valence-corrected chi connectivity index (χ0v) is 15.0. The third-order valence-electron chi connectivity index (χ3n) is 4.34. The second-order valence-electron chi connectivity index (χ2n) is 6.24. The molecule has 1 N–H and O–H groups in total. The van der Waals surface area contributed by atoms with Crippen LogP contribution in [0.3, 0.4) is 0 Å². The molecule has 1 fully saturated rings. The minimum Gasteiger partial charge on any atom is -0.330 e. The fraction of sp³-hybridized carbons (Fsp3) is 0.667. The molecular weight excluding hydrogens is 320 g/mol. The number of rotatable bonds is 3. The Labute approximate surface area is 136 Å². The topological polar surface area (TPSA) is 66.5 Å². The summed E-state index contributed by atoms with van der Waals surface area (Å²) in [6.45, 7) is 6.24. The SMILES string of the molecule is CC[C@H](NC(=O)N1CCC(C)(C)S(=O)(=O)CC1)c1cccs1. The molecule has 5 nitrogen and oxygen atoms in total. The van der Waals surface area contributed by atoms with Gasteiger partial charge in [-0.2, -0.15) is 0 Å². The summed E-state index contributed by atoms with van der Waals surface area (Å²) in [6, 6.07) is 3.79. The maximum absolute atomic E-state index is 12.5. The van der Waals surface area contributed by atoms with Crippen LogP contribution < -0.4 is 5.32 Å². The van der Waals surface area contributed by atoms with E-state index in [1.807, 2.05) is 24.4 Å². The number of nitrogens with zero attached hydrogens (tertiary/aromatic N) is 1. The van der Waals surface area contributed by atoms with Crippen LogP contribution >= 0.6 is 11.3 Å². The largest absolute Gasteiger partial charge is 0.330 e. The van der Waals surface area contributed by atoms with Gasteiger partial charge in [0.2, 0.25) is 0 Å². The van der Waals surface area contributed by atoms with Crippen molar-refractivity contribution in [2.45, 2.75) is 44.4 Å². The van der Waals surface area contributed by atoms with Gasteiger partial charge in [0.1, 0.15) is 0 Å². The zero-order chi connectivity index (χ0) is 16.4. The molecule has 0 spiro atoms. The molecule has 0 aromatic carbocycles. The third kappa shape index (κ3) is 3.63. The van der Waals surface area contributed by atoms with E-state index in [1.165, 1.54) is 0 Å². The highest BCUT2D eigenvalue weighted by Crippen LogP contribution is 2.26. The van der Waals surface area contributed by atoms with Gasteiger partial charge in [0, 0.05) is 18.0 Å². The molecular formula is C15H24N2O3S2. The number of urea groups is 1. The molecule has 0 unspecified atom stereocenters. The quantitative estimate of drug-likeness (QED) is 0.917. The number of sulfone groups is 1. The zero-order valence-electron chi connectivity index (χ0n) is 13.3. The van der Waals surface area contributed by atoms with Crippen molar-refractivity contribution in [2.24, 2.45) is 0 Å². The van der Waals surface area contributed by atoms with Crippen LogP contribution in [0.1, 0.15) is 44.5 Å².